The minimum absolute atomic E-state index is 0.171. The Morgan fingerprint density at radius 2 is 1.83 bits per heavy atom. The third-order valence-corrected chi connectivity index (χ3v) is 5.92. The van der Waals surface area contributed by atoms with Crippen molar-refractivity contribution in [3.63, 3.8) is 0 Å². The maximum Gasteiger partial charge on any atom is 0.251 e. The highest BCUT2D eigenvalue weighted by Gasteiger charge is 2.16. The molecule has 0 aliphatic carbocycles. The molecule has 3 aromatic rings. The first-order valence-electron chi connectivity index (χ1n) is 9.21. The van der Waals surface area contributed by atoms with Gasteiger partial charge in [-0.1, -0.05) is 36.4 Å². The molecule has 7 heteroatoms. The summed E-state index contributed by atoms with van der Waals surface area (Å²) >= 11 is 0. The van der Waals surface area contributed by atoms with Crippen LogP contribution in [0.2, 0.25) is 0 Å². The fourth-order valence-corrected chi connectivity index (χ4v) is 4.19. The van der Waals surface area contributed by atoms with Crippen LogP contribution in [0, 0.1) is 0 Å². The summed E-state index contributed by atoms with van der Waals surface area (Å²) < 4.78 is 30.6. The second kappa shape index (κ2) is 9.34. The summed E-state index contributed by atoms with van der Waals surface area (Å²) in [6, 6.07) is 18.5. The van der Waals surface area contributed by atoms with Crippen molar-refractivity contribution in [2.45, 2.75) is 24.1 Å². The number of amides is 1. The lowest BCUT2D eigenvalue weighted by Gasteiger charge is -2.10. The molecule has 1 N–H and O–H groups in total. The Hall–Kier alpha value is -3.19. The van der Waals surface area contributed by atoms with Crippen LogP contribution in [-0.4, -0.2) is 25.9 Å². The van der Waals surface area contributed by atoms with Crippen molar-refractivity contribution in [1.82, 2.24) is 10.3 Å². The molecule has 1 aromatic heterocycles. The molecule has 0 unspecified atom stereocenters. The molecule has 6 nitrogen and oxygen atoms in total. The number of benzene rings is 2. The fourth-order valence-electron chi connectivity index (χ4n) is 2.84. The molecule has 0 atom stereocenters. The standard InChI is InChI=1S/C22H22N2O4S/c1-2-28-22-19(10-7-13-23-22)15-24-21(25)18-9-6-8-17(14-18)16-29(26,27)20-11-4-3-5-12-20/h3-14H,2,15-16H2,1H3,(H,24,25). The zero-order valence-electron chi connectivity index (χ0n) is 16.0. The predicted molar refractivity (Wildman–Crippen MR) is 110 cm³/mol. The molecule has 0 fully saturated rings. The van der Waals surface area contributed by atoms with E-state index in [-0.39, 0.29) is 23.1 Å². The van der Waals surface area contributed by atoms with Crippen molar-refractivity contribution in [1.29, 1.82) is 0 Å². The Kier molecular flexibility index (Phi) is 6.61. The lowest BCUT2D eigenvalue weighted by atomic mass is 10.1. The van der Waals surface area contributed by atoms with Crippen molar-refractivity contribution in [2.75, 3.05) is 6.61 Å². The van der Waals surface area contributed by atoms with Gasteiger partial charge in [0.25, 0.3) is 5.91 Å². The second-order valence-corrected chi connectivity index (χ2v) is 8.35. The molecule has 0 radical (unpaired) electrons. The number of hydrogen-bond donors (Lipinski definition) is 1. The van der Waals surface area contributed by atoms with E-state index in [4.69, 9.17) is 4.74 Å². The van der Waals surface area contributed by atoms with Crippen molar-refractivity contribution in [3.8, 4) is 5.88 Å². The minimum atomic E-state index is -3.48. The number of rotatable bonds is 8. The molecule has 0 aliphatic heterocycles. The molecule has 29 heavy (non-hydrogen) atoms. The molecule has 0 saturated carbocycles. The number of nitrogens with one attached hydrogen (secondary N) is 1. The lowest BCUT2D eigenvalue weighted by molar-refractivity contribution is 0.0950. The van der Waals surface area contributed by atoms with Crippen molar-refractivity contribution < 1.29 is 17.9 Å². The quantitative estimate of drug-likeness (QED) is 0.615. The highest BCUT2D eigenvalue weighted by molar-refractivity contribution is 7.90. The number of carbonyl (C=O) groups excluding carboxylic acids is 1. The summed E-state index contributed by atoms with van der Waals surface area (Å²) in [5, 5.41) is 2.83. The van der Waals surface area contributed by atoms with Gasteiger partial charge in [0.2, 0.25) is 5.88 Å². The summed E-state index contributed by atoms with van der Waals surface area (Å²) in [6.45, 7) is 2.61. The number of ether oxygens (including phenoxy) is 1. The smallest absolute Gasteiger partial charge is 0.251 e. The van der Waals surface area contributed by atoms with Gasteiger partial charge in [-0.15, -0.1) is 0 Å². The van der Waals surface area contributed by atoms with Crippen LogP contribution < -0.4 is 10.1 Å². The van der Waals surface area contributed by atoms with E-state index in [1.165, 1.54) is 0 Å². The third kappa shape index (κ3) is 5.42. The molecule has 1 amide bonds. The first-order valence-corrected chi connectivity index (χ1v) is 10.9. The summed E-state index contributed by atoms with van der Waals surface area (Å²) in [6.07, 6.45) is 1.63. The van der Waals surface area contributed by atoms with Gasteiger partial charge < -0.3 is 10.1 Å². The van der Waals surface area contributed by atoms with Gasteiger partial charge in [0.1, 0.15) is 0 Å². The predicted octanol–water partition coefficient (Wildman–Crippen LogP) is 3.38. The molecular formula is C22H22N2O4S. The highest BCUT2D eigenvalue weighted by atomic mass is 32.2. The molecule has 0 saturated heterocycles. The normalized spacial score (nSPS) is 11.1. The summed E-state index contributed by atoms with van der Waals surface area (Å²) in [5.41, 5.74) is 1.72. The largest absolute Gasteiger partial charge is 0.478 e. The SMILES string of the molecule is CCOc1ncccc1CNC(=O)c1cccc(CS(=O)(=O)c2ccccc2)c1. The van der Waals surface area contributed by atoms with Gasteiger partial charge in [0, 0.05) is 23.9 Å². The number of hydrogen-bond acceptors (Lipinski definition) is 5. The molecule has 0 spiro atoms. The summed E-state index contributed by atoms with van der Waals surface area (Å²) in [5.74, 6) is 0.0168. The van der Waals surface area contributed by atoms with E-state index in [1.54, 1.807) is 66.9 Å². The maximum atomic E-state index is 12.6. The zero-order chi connectivity index (χ0) is 20.7. The molecule has 1 heterocycles. The van der Waals surface area contributed by atoms with Crippen molar-refractivity contribution in [3.05, 3.63) is 89.6 Å². The third-order valence-electron chi connectivity index (χ3n) is 4.22. The number of nitrogens with zero attached hydrogens (tertiary/aromatic N) is 1. The Morgan fingerprint density at radius 3 is 2.59 bits per heavy atom. The van der Waals surface area contributed by atoms with Crippen LogP contribution in [0.25, 0.3) is 0 Å². The van der Waals surface area contributed by atoms with Crippen LogP contribution in [0.4, 0.5) is 0 Å². The van der Waals surface area contributed by atoms with Crippen molar-refractivity contribution >= 4 is 15.7 Å². The molecule has 2 aromatic carbocycles. The Bertz CT molecular complexity index is 1080. The highest BCUT2D eigenvalue weighted by Crippen LogP contribution is 2.18. The van der Waals surface area contributed by atoms with E-state index in [0.717, 1.165) is 5.56 Å². The van der Waals surface area contributed by atoms with Crippen LogP contribution in [0.1, 0.15) is 28.4 Å². The number of pyridine rings is 1. The van der Waals surface area contributed by atoms with Gasteiger partial charge in [-0.3, -0.25) is 4.79 Å². The van der Waals surface area contributed by atoms with Crippen LogP contribution >= 0.6 is 0 Å². The topological polar surface area (TPSA) is 85.4 Å². The van der Waals surface area contributed by atoms with E-state index < -0.39 is 9.84 Å². The molecule has 150 valence electrons. The number of aromatic nitrogens is 1. The van der Waals surface area contributed by atoms with Crippen LogP contribution in [0.3, 0.4) is 0 Å². The lowest BCUT2D eigenvalue weighted by Crippen LogP contribution is -2.23. The first-order chi connectivity index (χ1) is 14.0. The zero-order valence-corrected chi connectivity index (χ0v) is 16.9. The second-order valence-electron chi connectivity index (χ2n) is 6.36. The van der Waals surface area contributed by atoms with Gasteiger partial charge in [-0.2, -0.15) is 0 Å². The average molecular weight is 410 g/mol. The van der Waals surface area contributed by atoms with E-state index >= 15 is 0 Å². The Balaban J connectivity index is 1.70. The molecule has 0 bridgehead atoms. The van der Waals surface area contributed by atoms with Gasteiger partial charge in [0.05, 0.1) is 17.3 Å². The average Bonchev–Trinajstić information content (AvgIpc) is 2.73. The van der Waals surface area contributed by atoms with E-state index in [2.05, 4.69) is 10.3 Å². The monoisotopic (exact) mass is 410 g/mol. The van der Waals surface area contributed by atoms with E-state index in [0.29, 0.717) is 23.6 Å². The van der Waals surface area contributed by atoms with Gasteiger partial charge in [0.15, 0.2) is 9.84 Å². The van der Waals surface area contributed by atoms with E-state index in [1.807, 2.05) is 13.0 Å². The van der Waals surface area contributed by atoms with Crippen LogP contribution in [0.15, 0.2) is 77.8 Å². The Morgan fingerprint density at radius 1 is 1.03 bits per heavy atom. The summed E-state index contributed by atoms with van der Waals surface area (Å²) in [4.78, 5) is 17.0. The fraction of sp³-hybridized carbons (Fsp3) is 0.182. The summed E-state index contributed by atoms with van der Waals surface area (Å²) in [7, 11) is -3.48. The minimum Gasteiger partial charge on any atom is -0.478 e. The first kappa shape index (κ1) is 20.5. The van der Waals surface area contributed by atoms with Crippen molar-refractivity contribution in [2.24, 2.45) is 0 Å². The Labute approximate surface area is 170 Å². The van der Waals surface area contributed by atoms with Gasteiger partial charge in [-0.25, -0.2) is 13.4 Å². The molecular weight excluding hydrogens is 388 g/mol. The van der Waals surface area contributed by atoms with Gasteiger partial charge >= 0.3 is 0 Å². The van der Waals surface area contributed by atoms with Crippen LogP contribution in [-0.2, 0) is 22.1 Å². The van der Waals surface area contributed by atoms with Crippen LogP contribution in [0.5, 0.6) is 5.88 Å². The number of sulfone groups is 1. The van der Waals surface area contributed by atoms with Gasteiger partial charge in [-0.05, 0) is 42.8 Å². The number of carbonyl (C=O) groups is 1. The van der Waals surface area contributed by atoms with E-state index in [9.17, 15) is 13.2 Å². The maximum absolute atomic E-state index is 12.6. The molecule has 3 rings (SSSR count). The molecule has 0 aliphatic rings.